The van der Waals surface area contributed by atoms with Crippen molar-refractivity contribution in [3.8, 4) is 11.5 Å². The lowest BCUT2D eigenvalue weighted by atomic mass is 10.2. The van der Waals surface area contributed by atoms with Gasteiger partial charge < -0.3 is 25.4 Å². The first kappa shape index (κ1) is 19.3. The largest absolute Gasteiger partial charge is 0.493 e. The topological polar surface area (TPSA) is 76.8 Å². The second-order valence-corrected chi connectivity index (χ2v) is 5.30. The number of nitrogens with one attached hydrogen (secondary N) is 1. The summed E-state index contributed by atoms with van der Waals surface area (Å²) in [7, 11) is 1.58. The summed E-state index contributed by atoms with van der Waals surface area (Å²) in [6.07, 6.45) is 1.12. The second-order valence-electron chi connectivity index (χ2n) is 5.30. The molecule has 0 aliphatic rings. The summed E-state index contributed by atoms with van der Waals surface area (Å²) in [4.78, 5) is 13.2. The Kier molecular flexibility index (Phi) is 9.09. The predicted molar refractivity (Wildman–Crippen MR) is 91.8 cm³/mol. The molecule has 0 aliphatic carbocycles. The maximum Gasteiger partial charge on any atom is 0.255 e. The van der Waals surface area contributed by atoms with Gasteiger partial charge in [0.25, 0.3) is 5.91 Å². The molecule has 0 unspecified atom stereocenters. The maximum atomic E-state index is 10.8. The van der Waals surface area contributed by atoms with Crippen LogP contribution in [-0.2, 0) is 11.3 Å². The van der Waals surface area contributed by atoms with E-state index in [0.29, 0.717) is 11.5 Å². The average Bonchev–Trinajstić information content (AvgIpc) is 2.56. The van der Waals surface area contributed by atoms with Crippen LogP contribution in [0.4, 0.5) is 0 Å². The number of hydrogen-bond donors (Lipinski definition) is 2. The first-order chi connectivity index (χ1) is 11.1. The van der Waals surface area contributed by atoms with Gasteiger partial charge in [0.15, 0.2) is 18.1 Å². The fourth-order valence-corrected chi connectivity index (χ4v) is 2.29. The van der Waals surface area contributed by atoms with Gasteiger partial charge in [-0.25, -0.2) is 0 Å². The summed E-state index contributed by atoms with van der Waals surface area (Å²) in [6.45, 7) is 9.27. The Morgan fingerprint density at radius 3 is 2.61 bits per heavy atom. The molecular weight excluding hydrogens is 294 g/mol. The van der Waals surface area contributed by atoms with Crippen molar-refractivity contribution in [3.63, 3.8) is 0 Å². The molecule has 1 amide bonds. The van der Waals surface area contributed by atoms with Crippen molar-refractivity contribution in [2.75, 3.05) is 39.9 Å². The molecule has 0 aromatic heterocycles. The van der Waals surface area contributed by atoms with Crippen molar-refractivity contribution < 1.29 is 14.3 Å². The minimum atomic E-state index is -0.508. The smallest absolute Gasteiger partial charge is 0.255 e. The van der Waals surface area contributed by atoms with Gasteiger partial charge in [0.1, 0.15) is 0 Å². The number of hydrogen-bond acceptors (Lipinski definition) is 5. The average molecular weight is 323 g/mol. The number of nitrogens with two attached hydrogens (primary N) is 1. The van der Waals surface area contributed by atoms with Crippen LogP contribution in [0, 0.1) is 0 Å². The van der Waals surface area contributed by atoms with Crippen molar-refractivity contribution in [1.29, 1.82) is 0 Å². The summed E-state index contributed by atoms with van der Waals surface area (Å²) >= 11 is 0. The van der Waals surface area contributed by atoms with E-state index < -0.39 is 5.91 Å². The molecule has 1 rings (SSSR count). The van der Waals surface area contributed by atoms with E-state index in [1.807, 2.05) is 12.1 Å². The number of carbonyl (C=O) groups is 1. The van der Waals surface area contributed by atoms with Crippen LogP contribution in [-0.4, -0.2) is 50.7 Å². The fraction of sp³-hybridized carbons (Fsp3) is 0.588. The monoisotopic (exact) mass is 323 g/mol. The summed E-state index contributed by atoms with van der Waals surface area (Å²) in [5, 5.41) is 3.43. The van der Waals surface area contributed by atoms with Gasteiger partial charge in [-0.15, -0.1) is 0 Å². The molecule has 0 bridgehead atoms. The van der Waals surface area contributed by atoms with E-state index in [1.54, 1.807) is 13.2 Å². The third-order valence-corrected chi connectivity index (χ3v) is 3.65. The third-order valence-electron chi connectivity index (χ3n) is 3.65. The summed E-state index contributed by atoms with van der Waals surface area (Å²) in [6, 6.07) is 5.67. The second kappa shape index (κ2) is 10.9. The lowest BCUT2D eigenvalue weighted by molar-refractivity contribution is -0.119. The quantitative estimate of drug-likeness (QED) is 0.568. The molecule has 0 heterocycles. The number of nitrogens with zero attached hydrogens (tertiary/aromatic N) is 1. The van der Waals surface area contributed by atoms with Crippen molar-refractivity contribution in [1.82, 2.24) is 10.2 Å². The summed E-state index contributed by atoms with van der Waals surface area (Å²) in [5.74, 6) is 0.622. The lowest BCUT2D eigenvalue weighted by Gasteiger charge is -2.17. The molecule has 1 aromatic carbocycles. The number of ether oxygens (including phenoxy) is 2. The normalized spacial score (nSPS) is 10.8. The number of benzene rings is 1. The Morgan fingerprint density at radius 2 is 2.00 bits per heavy atom. The van der Waals surface area contributed by atoms with E-state index >= 15 is 0 Å². The number of methoxy groups -OCH3 is 1. The minimum absolute atomic E-state index is 0.153. The van der Waals surface area contributed by atoms with E-state index in [2.05, 4.69) is 24.1 Å². The first-order valence-electron chi connectivity index (χ1n) is 8.11. The number of amides is 1. The lowest BCUT2D eigenvalue weighted by Crippen LogP contribution is -2.27. The summed E-state index contributed by atoms with van der Waals surface area (Å²) < 4.78 is 10.6. The van der Waals surface area contributed by atoms with Crippen molar-refractivity contribution >= 4 is 5.91 Å². The number of carbonyl (C=O) groups excluding carboxylic acids is 1. The number of primary amides is 1. The molecule has 3 N–H and O–H groups in total. The van der Waals surface area contributed by atoms with Crippen LogP contribution in [0.15, 0.2) is 18.2 Å². The first-order valence-corrected chi connectivity index (χ1v) is 8.11. The van der Waals surface area contributed by atoms with E-state index in [1.165, 1.54) is 0 Å². The zero-order valence-electron chi connectivity index (χ0n) is 14.4. The number of rotatable bonds is 12. The molecule has 0 radical (unpaired) electrons. The molecule has 0 saturated carbocycles. The highest BCUT2D eigenvalue weighted by Crippen LogP contribution is 2.27. The molecule has 0 atom stereocenters. The predicted octanol–water partition coefficient (Wildman–Crippen LogP) is 1.38. The highest BCUT2D eigenvalue weighted by molar-refractivity contribution is 5.75. The van der Waals surface area contributed by atoms with Crippen LogP contribution in [0.5, 0.6) is 11.5 Å². The van der Waals surface area contributed by atoms with Crippen LogP contribution < -0.4 is 20.5 Å². The van der Waals surface area contributed by atoms with E-state index in [9.17, 15) is 4.79 Å². The standard InChI is InChI=1S/C17H29N3O3/c1-4-20(5-2)10-6-9-19-12-14-7-8-15(16(11-14)22-3)23-13-17(18)21/h7-8,11,19H,4-6,9-10,12-13H2,1-3H3,(H2,18,21). The molecule has 130 valence electrons. The zero-order valence-corrected chi connectivity index (χ0v) is 14.4. The van der Waals surface area contributed by atoms with E-state index in [0.717, 1.165) is 44.7 Å². The van der Waals surface area contributed by atoms with Crippen molar-refractivity contribution in [2.45, 2.75) is 26.8 Å². The van der Waals surface area contributed by atoms with Crippen molar-refractivity contribution in [2.24, 2.45) is 5.73 Å². The Morgan fingerprint density at radius 1 is 1.26 bits per heavy atom. The molecule has 0 saturated heterocycles. The van der Waals surface area contributed by atoms with Gasteiger partial charge in [0, 0.05) is 6.54 Å². The molecule has 0 fully saturated rings. The highest BCUT2D eigenvalue weighted by Gasteiger charge is 2.07. The van der Waals surface area contributed by atoms with Gasteiger partial charge in [-0.05, 0) is 50.3 Å². The maximum absolute atomic E-state index is 10.8. The Labute approximate surface area is 138 Å². The van der Waals surface area contributed by atoms with Crippen LogP contribution in [0.1, 0.15) is 25.8 Å². The molecule has 6 heteroatoms. The van der Waals surface area contributed by atoms with E-state index in [4.69, 9.17) is 15.2 Å². The van der Waals surface area contributed by atoms with Crippen LogP contribution in [0.25, 0.3) is 0 Å². The van der Waals surface area contributed by atoms with Crippen LogP contribution >= 0.6 is 0 Å². The Bertz CT molecular complexity index is 476. The Hall–Kier alpha value is -1.79. The van der Waals surface area contributed by atoms with Crippen LogP contribution in [0.2, 0.25) is 0 Å². The van der Waals surface area contributed by atoms with Gasteiger partial charge in [-0.3, -0.25) is 4.79 Å². The molecule has 0 spiro atoms. The van der Waals surface area contributed by atoms with Crippen molar-refractivity contribution in [3.05, 3.63) is 23.8 Å². The molecule has 23 heavy (non-hydrogen) atoms. The van der Waals surface area contributed by atoms with Gasteiger partial charge in [-0.1, -0.05) is 19.9 Å². The van der Waals surface area contributed by atoms with Gasteiger partial charge in [0.2, 0.25) is 0 Å². The molecule has 1 aromatic rings. The van der Waals surface area contributed by atoms with Crippen LogP contribution in [0.3, 0.4) is 0 Å². The highest BCUT2D eigenvalue weighted by atomic mass is 16.5. The minimum Gasteiger partial charge on any atom is -0.493 e. The fourth-order valence-electron chi connectivity index (χ4n) is 2.29. The van der Waals surface area contributed by atoms with Gasteiger partial charge in [-0.2, -0.15) is 0 Å². The molecular formula is C17H29N3O3. The Balaban J connectivity index is 2.41. The SMILES string of the molecule is CCN(CC)CCCNCc1ccc(OCC(N)=O)c(OC)c1. The zero-order chi connectivity index (χ0) is 17.1. The van der Waals surface area contributed by atoms with E-state index in [-0.39, 0.29) is 6.61 Å². The van der Waals surface area contributed by atoms with Gasteiger partial charge in [0.05, 0.1) is 7.11 Å². The third kappa shape index (κ3) is 7.34. The summed E-state index contributed by atoms with van der Waals surface area (Å²) in [5.41, 5.74) is 6.19. The molecule has 6 nitrogen and oxygen atoms in total. The molecule has 0 aliphatic heterocycles. The van der Waals surface area contributed by atoms with Gasteiger partial charge >= 0.3 is 0 Å².